The molecule has 5 heteroatoms. The number of thioether (sulfide) groups is 1. The normalized spacial score (nSPS) is 18.9. The fraction of sp³-hybridized carbons (Fsp3) is 0.917. The molecule has 0 amide bonds. The summed E-state index contributed by atoms with van der Waals surface area (Å²) in [6.07, 6.45) is 3.03. The molecule has 0 aromatic carbocycles. The summed E-state index contributed by atoms with van der Waals surface area (Å²) in [6.45, 7) is 3.51. The molecular formula is C12H23NO3S. The molecule has 1 saturated carbocycles. The molecule has 1 aliphatic rings. The van der Waals surface area contributed by atoms with Gasteiger partial charge in [0.05, 0.1) is 6.61 Å². The van der Waals surface area contributed by atoms with Crippen LogP contribution in [0.15, 0.2) is 0 Å². The second kappa shape index (κ2) is 7.24. The van der Waals surface area contributed by atoms with Crippen LogP contribution in [0.5, 0.6) is 0 Å². The van der Waals surface area contributed by atoms with Crippen molar-refractivity contribution < 1.29 is 14.6 Å². The highest BCUT2D eigenvalue weighted by atomic mass is 32.2. The van der Waals surface area contributed by atoms with Crippen LogP contribution in [0.25, 0.3) is 0 Å². The van der Waals surface area contributed by atoms with Gasteiger partial charge >= 0.3 is 5.97 Å². The highest BCUT2D eigenvalue weighted by Crippen LogP contribution is 2.41. The molecule has 0 aromatic rings. The number of methoxy groups -OCH3 is 1. The quantitative estimate of drug-likeness (QED) is 0.585. The van der Waals surface area contributed by atoms with E-state index < -0.39 is 11.5 Å². The van der Waals surface area contributed by atoms with Gasteiger partial charge in [0.15, 0.2) is 0 Å². The van der Waals surface area contributed by atoms with Gasteiger partial charge < -0.3 is 15.2 Å². The van der Waals surface area contributed by atoms with Gasteiger partial charge in [-0.05, 0) is 31.7 Å². The van der Waals surface area contributed by atoms with Crippen molar-refractivity contribution in [3.63, 3.8) is 0 Å². The Balaban J connectivity index is 2.52. The van der Waals surface area contributed by atoms with Gasteiger partial charge in [-0.15, -0.1) is 0 Å². The average molecular weight is 261 g/mol. The fourth-order valence-corrected chi connectivity index (χ4v) is 3.14. The molecule has 1 aliphatic carbocycles. The number of aliphatic carboxylic acids is 1. The molecule has 0 radical (unpaired) electrons. The zero-order valence-corrected chi connectivity index (χ0v) is 11.5. The SMILES string of the molecule is CCCNC(CSCCOC)(C(=O)O)C1CC1. The van der Waals surface area contributed by atoms with Gasteiger partial charge in [0.1, 0.15) is 5.54 Å². The number of nitrogens with one attached hydrogen (secondary N) is 1. The summed E-state index contributed by atoms with van der Waals surface area (Å²) < 4.78 is 4.99. The van der Waals surface area contributed by atoms with Crippen molar-refractivity contribution in [1.29, 1.82) is 0 Å². The van der Waals surface area contributed by atoms with E-state index in [1.54, 1.807) is 18.9 Å². The molecule has 1 rings (SSSR count). The summed E-state index contributed by atoms with van der Waals surface area (Å²) in [5.74, 6) is 1.10. The summed E-state index contributed by atoms with van der Waals surface area (Å²) >= 11 is 1.66. The molecule has 1 atom stereocenters. The van der Waals surface area contributed by atoms with Crippen molar-refractivity contribution in [3.05, 3.63) is 0 Å². The maximum absolute atomic E-state index is 11.6. The molecule has 0 spiro atoms. The second-order valence-corrected chi connectivity index (χ2v) is 5.63. The van der Waals surface area contributed by atoms with Crippen LogP contribution in [0, 0.1) is 5.92 Å². The highest BCUT2D eigenvalue weighted by Gasteiger charge is 2.50. The number of rotatable bonds is 10. The third-order valence-electron chi connectivity index (χ3n) is 3.11. The molecule has 0 heterocycles. The van der Waals surface area contributed by atoms with Crippen molar-refractivity contribution in [2.45, 2.75) is 31.7 Å². The van der Waals surface area contributed by atoms with E-state index in [-0.39, 0.29) is 0 Å². The number of ether oxygens (including phenoxy) is 1. The van der Waals surface area contributed by atoms with E-state index in [1.165, 1.54) is 0 Å². The van der Waals surface area contributed by atoms with Crippen LogP contribution in [0.4, 0.5) is 0 Å². The Labute approximate surface area is 107 Å². The van der Waals surface area contributed by atoms with Crippen LogP contribution in [0.1, 0.15) is 26.2 Å². The van der Waals surface area contributed by atoms with Gasteiger partial charge in [-0.3, -0.25) is 4.79 Å². The summed E-state index contributed by atoms with van der Waals surface area (Å²) in [6, 6.07) is 0. The maximum Gasteiger partial charge on any atom is 0.325 e. The lowest BCUT2D eigenvalue weighted by Crippen LogP contribution is -2.56. The predicted molar refractivity (Wildman–Crippen MR) is 70.6 cm³/mol. The van der Waals surface area contributed by atoms with Crippen LogP contribution in [-0.2, 0) is 9.53 Å². The molecule has 1 unspecified atom stereocenters. The summed E-state index contributed by atoms with van der Waals surface area (Å²) in [5, 5.41) is 12.8. The molecule has 2 N–H and O–H groups in total. The molecule has 4 nitrogen and oxygen atoms in total. The Bertz CT molecular complexity index is 246. The minimum absolute atomic E-state index is 0.307. The monoisotopic (exact) mass is 261 g/mol. The van der Waals surface area contributed by atoms with Gasteiger partial charge in [-0.1, -0.05) is 6.92 Å². The molecular weight excluding hydrogens is 238 g/mol. The molecule has 0 aromatic heterocycles. The first-order valence-corrected chi connectivity index (χ1v) is 7.38. The van der Waals surface area contributed by atoms with E-state index in [0.29, 0.717) is 18.3 Å². The average Bonchev–Trinajstić information content (AvgIpc) is 3.12. The smallest absolute Gasteiger partial charge is 0.325 e. The van der Waals surface area contributed by atoms with E-state index in [0.717, 1.165) is 31.6 Å². The number of carboxylic acid groups (broad SMARTS) is 1. The molecule has 0 bridgehead atoms. The van der Waals surface area contributed by atoms with Gasteiger partial charge in [0.25, 0.3) is 0 Å². The van der Waals surface area contributed by atoms with Gasteiger partial charge in [-0.2, -0.15) is 11.8 Å². The maximum atomic E-state index is 11.6. The second-order valence-electron chi connectivity index (χ2n) is 4.52. The minimum atomic E-state index is -0.714. The van der Waals surface area contributed by atoms with Crippen LogP contribution >= 0.6 is 11.8 Å². The lowest BCUT2D eigenvalue weighted by atomic mass is 9.95. The Hall–Kier alpha value is -0.260. The van der Waals surface area contributed by atoms with Gasteiger partial charge in [-0.25, -0.2) is 0 Å². The highest BCUT2D eigenvalue weighted by molar-refractivity contribution is 7.99. The Morgan fingerprint density at radius 2 is 2.29 bits per heavy atom. The molecule has 0 saturated heterocycles. The number of carboxylic acids is 1. The van der Waals surface area contributed by atoms with Crippen molar-refractivity contribution in [3.8, 4) is 0 Å². The largest absolute Gasteiger partial charge is 0.480 e. The fourth-order valence-electron chi connectivity index (χ4n) is 1.92. The van der Waals surface area contributed by atoms with Crippen LogP contribution in [-0.4, -0.2) is 48.4 Å². The Kier molecular flexibility index (Phi) is 6.30. The summed E-state index contributed by atoms with van der Waals surface area (Å²) in [7, 11) is 1.67. The Morgan fingerprint density at radius 3 is 2.76 bits per heavy atom. The zero-order valence-electron chi connectivity index (χ0n) is 10.7. The summed E-state index contributed by atoms with van der Waals surface area (Å²) in [4.78, 5) is 11.6. The van der Waals surface area contributed by atoms with Crippen LogP contribution < -0.4 is 5.32 Å². The Morgan fingerprint density at radius 1 is 1.59 bits per heavy atom. The lowest BCUT2D eigenvalue weighted by Gasteiger charge is -2.30. The minimum Gasteiger partial charge on any atom is -0.480 e. The lowest BCUT2D eigenvalue weighted by molar-refractivity contribution is -0.144. The number of carbonyl (C=O) groups is 1. The van der Waals surface area contributed by atoms with Crippen molar-refractivity contribution >= 4 is 17.7 Å². The van der Waals surface area contributed by atoms with Crippen LogP contribution in [0.2, 0.25) is 0 Å². The van der Waals surface area contributed by atoms with Crippen molar-refractivity contribution in [2.24, 2.45) is 5.92 Å². The van der Waals surface area contributed by atoms with Gasteiger partial charge in [0.2, 0.25) is 0 Å². The first kappa shape index (κ1) is 14.8. The topological polar surface area (TPSA) is 58.6 Å². The molecule has 100 valence electrons. The predicted octanol–water partition coefficient (Wildman–Crippen LogP) is 1.60. The first-order valence-electron chi connectivity index (χ1n) is 6.22. The van der Waals surface area contributed by atoms with Crippen molar-refractivity contribution in [2.75, 3.05) is 31.8 Å². The molecule has 17 heavy (non-hydrogen) atoms. The van der Waals surface area contributed by atoms with E-state index in [1.807, 2.05) is 0 Å². The number of hydrogen-bond acceptors (Lipinski definition) is 4. The molecule has 1 fully saturated rings. The molecule has 0 aliphatic heterocycles. The van der Waals surface area contributed by atoms with Crippen LogP contribution in [0.3, 0.4) is 0 Å². The number of hydrogen-bond donors (Lipinski definition) is 2. The first-order chi connectivity index (χ1) is 8.17. The van der Waals surface area contributed by atoms with E-state index in [4.69, 9.17) is 4.74 Å². The van der Waals surface area contributed by atoms with E-state index >= 15 is 0 Å². The standard InChI is InChI=1S/C12H23NO3S/c1-3-6-13-12(11(14)15,10-4-5-10)9-17-8-7-16-2/h10,13H,3-9H2,1-2H3,(H,14,15). The van der Waals surface area contributed by atoms with E-state index in [9.17, 15) is 9.90 Å². The third-order valence-corrected chi connectivity index (χ3v) is 4.22. The zero-order chi connectivity index (χ0) is 12.7. The van der Waals surface area contributed by atoms with E-state index in [2.05, 4.69) is 12.2 Å². The van der Waals surface area contributed by atoms with Gasteiger partial charge in [0, 0.05) is 18.6 Å². The van der Waals surface area contributed by atoms with Crippen molar-refractivity contribution in [1.82, 2.24) is 5.32 Å². The third kappa shape index (κ3) is 4.16. The summed E-state index contributed by atoms with van der Waals surface area (Å²) in [5.41, 5.74) is -0.714.